The lowest BCUT2D eigenvalue weighted by Gasteiger charge is -2.21. The van der Waals surface area contributed by atoms with Crippen LogP contribution in [0.5, 0.6) is 0 Å². The van der Waals surface area contributed by atoms with E-state index in [1.54, 1.807) is 19.3 Å². The second-order valence-electron chi connectivity index (χ2n) is 3.79. The van der Waals surface area contributed by atoms with Gasteiger partial charge in [-0.25, -0.2) is 0 Å². The summed E-state index contributed by atoms with van der Waals surface area (Å²) < 4.78 is 0.741. The summed E-state index contributed by atoms with van der Waals surface area (Å²) in [5.41, 5.74) is 0.474. The van der Waals surface area contributed by atoms with Gasteiger partial charge >= 0.3 is 0 Å². The van der Waals surface area contributed by atoms with E-state index in [0.29, 0.717) is 12.1 Å². The van der Waals surface area contributed by atoms with Crippen molar-refractivity contribution >= 4 is 27.7 Å². The molecule has 0 spiro atoms. The first-order valence-corrected chi connectivity index (χ1v) is 6.48. The molecule has 2 amide bonds. The van der Waals surface area contributed by atoms with Crippen molar-refractivity contribution in [2.45, 2.75) is 13.3 Å². The van der Waals surface area contributed by atoms with E-state index < -0.39 is 0 Å². The minimum atomic E-state index is -0.186. The number of halogens is 1. The lowest BCUT2D eigenvalue weighted by atomic mass is 10.2. The summed E-state index contributed by atoms with van der Waals surface area (Å²) in [6, 6.07) is 1.70. The normalized spacial score (nSPS) is 9.94. The molecule has 0 unspecified atom stereocenters. The van der Waals surface area contributed by atoms with E-state index in [4.69, 9.17) is 0 Å². The maximum Gasteiger partial charge on any atom is 0.255 e. The van der Waals surface area contributed by atoms with Crippen molar-refractivity contribution in [2.24, 2.45) is 0 Å². The zero-order valence-corrected chi connectivity index (χ0v) is 12.0. The van der Waals surface area contributed by atoms with Crippen LogP contribution in [0.25, 0.3) is 0 Å². The molecule has 1 aromatic heterocycles. The van der Waals surface area contributed by atoms with E-state index in [1.807, 2.05) is 6.92 Å². The first-order chi connectivity index (χ1) is 8.58. The third-order valence-electron chi connectivity index (χ3n) is 2.35. The fourth-order valence-electron chi connectivity index (χ4n) is 1.49. The summed E-state index contributed by atoms with van der Waals surface area (Å²) in [5.74, 6) is -0.367. The van der Waals surface area contributed by atoms with Crippen LogP contribution < -0.4 is 5.32 Å². The van der Waals surface area contributed by atoms with Crippen LogP contribution in [0.2, 0.25) is 0 Å². The number of aromatic nitrogens is 1. The van der Waals surface area contributed by atoms with Gasteiger partial charge in [0, 0.05) is 30.5 Å². The molecule has 0 radical (unpaired) electrons. The standard InChI is InChI=1S/C12H16BrN3O2/c1-3-4-16(8-11(17)14-2)12(18)9-5-10(13)7-15-6-9/h5-7H,3-4,8H2,1-2H3,(H,14,17). The smallest absolute Gasteiger partial charge is 0.255 e. The Hall–Kier alpha value is -1.43. The molecular formula is C12H16BrN3O2. The maximum absolute atomic E-state index is 12.2. The number of carbonyl (C=O) groups excluding carboxylic acids is 2. The Morgan fingerprint density at radius 3 is 2.72 bits per heavy atom. The molecule has 18 heavy (non-hydrogen) atoms. The van der Waals surface area contributed by atoms with Gasteiger partial charge in [0.15, 0.2) is 0 Å². The van der Waals surface area contributed by atoms with Crippen LogP contribution in [0.15, 0.2) is 22.9 Å². The molecule has 1 heterocycles. The molecule has 0 aromatic carbocycles. The van der Waals surface area contributed by atoms with Gasteiger partial charge in [-0.2, -0.15) is 0 Å². The molecule has 0 fully saturated rings. The van der Waals surface area contributed by atoms with Gasteiger partial charge in [0.25, 0.3) is 5.91 Å². The van der Waals surface area contributed by atoms with Crippen LogP contribution >= 0.6 is 15.9 Å². The quantitative estimate of drug-likeness (QED) is 0.894. The summed E-state index contributed by atoms with van der Waals surface area (Å²) >= 11 is 3.27. The first kappa shape index (κ1) is 14.6. The molecule has 1 rings (SSSR count). The number of amides is 2. The van der Waals surface area contributed by atoms with E-state index in [1.165, 1.54) is 11.1 Å². The molecule has 1 aromatic rings. The van der Waals surface area contributed by atoms with Crippen LogP contribution in [0.1, 0.15) is 23.7 Å². The van der Waals surface area contributed by atoms with E-state index in [9.17, 15) is 9.59 Å². The van der Waals surface area contributed by atoms with E-state index >= 15 is 0 Å². The molecular weight excluding hydrogens is 298 g/mol. The lowest BCUT2D eigenvalue weighted by molar-refractivity contribution is -0.121. The van der Waals surface area contributed by atoms with Crippen molar-refractivity contribution in [3.63, 3.8) is 0 Å². The number of nitrogens with zero attached hydrogens (tertiary/aromatic N) is 2. The highest BCUT2D eigenvalue weighted by Crippen LogP contribution is 2.12. The van der Waals surface area contributed by atoms with Crippen molar-refractivity contribution in [1.82, 2.24) is 15.2 Å². The molecule has 6 heteroatoms. The fourth-order valence-corrected chi connectivity index (χ4v) is 1.85. The minimum Gasteiger partial charge on any atom is -0.358 e. The number of nitrogens with one attached hydrogen (secondary N) is 1. The summed E-state index contributed by atoms with van der Waals surface area (Å²) in [6.07, 6.45) is 3.91. The highest BCUT2D eigenvalue weighted by atomic mass is 79.9. The molecule has 0 aliphatic carbocycles. The topological polar surface area (TPSA) is 62.3 Å². The van der Waals surface area contributed by atoms with Gasteiger partial charge in [-0.1, -0.05) is 6.92 Å². The van der Waals surface area contributed by atoms with Gasteiger partial charge in [-0.3, -0.25) is 14.6 Å². The Bertz CT molecular complexity index is 437. The second kappa shape index (κ2) is 7.10. The average Bonchev–Trinajstić information content (AvgIpc) is 2.37. The Balaban J connectivity index is 2.85. The van der Waals surface area contributed by atoms with Gasteiger partial charge in [0.2, 0.25) is 5.91 Å². The Morgan fingerprint density at radius 1 is 1.44 bits per heavy atom. The number of pyridine rings is 1. The molecule has 98 valence electrons. The Kier molecular flexibility index (Phi) is 5.77. The SMILES string of the molecule is CCCN(CC(=O)NC)C(=O)c1cncc(Br)c1. The molecule has 1 N–H and O–H groups in total. The van der Waals surface area contributed by atoms with Crippen molar-refractivity contribution in [2.75, 3.05) is 20.1 Å². The van der Waals surface area contributed by atoms with E-state index in [2.05, 4.69) is 26.2 Å². The summed E-state index contributed by atoms with van der Waals surface area (Å²) in [4.78, 5) is 29.1. The van der Waals surface area contributed by atoms with Crippen molar-refractivity contribution in [1.29, 1.82) is 0 Å². The van der Waals surface area contributed by atoms with Crippen LogP contribution in [-0.2, 0) is 4.79 Å². The first-order valence-electron chi connectivity index (χ1n) is 5.69. The average molecular weight is 314 g/mol. The highest BCUT2D eigenvalue weighted by molar-refractivity contribution is 9.10. The predicted molar refractivity (Wildman–Crippen MR) is 72.2 cm³/mol. The Labute approximate surface area is 115 Å². The molecule has 0 saturated heterocycles. The molecule has 0 saturated carbocycles. The number of carbonyl (C=O) groups is 2. The molecule has 0 bridgehead atoms. The van der Waals surface area contributed by atoms with Gasteiger partial charge in [0.1, 0.15) is 0 Å². The summed E-state index contributed by atoms with van der Waals surface area (Å²) in [6.45, 7) is 2.57. The minimum absolute atomic E-state index is 0.0652. The van der Waals surface area contributed by atoms with Crippen LogP contribution in [0.3, 0.4) is 0 Å². The predicted octanol–water partition coefficient (Wildman–Crippen LogP) is 1.44. The van der Waals surface area contributed by atoms with E-state index in [-0.39, 0.29) is 18.4 Å². The third-order valence-corrected chi connectivity index (χ3v) is 2.78. The highest BCUT2D eigenvalue weighted by Gasteiger charge is 2.17. The van der Waals surface area contributed by atoms with Gasteiger partial charge in [0.05, 0.1) is 12.1 Å². The lowest BCUT2D eigenvalue weighted by Crippen LogP contribution is -2.40. The third kappa shape index (κ3) is 4.10. The van der Waals surface area contributed by atoms with Gasteiger partial charge in [-0.05, 0) is 28.4 Å². The zero-order chi connectivity index (χ0) is 13.5. The zero-order valence-electron chi connectivity index (χ0n) is 10.4. The number of likely N-dealkylation sites (N-methyl/N-ethyl adjacent to an activating group) is 1. The fraction of sp³-hybridized carbons (Fsp3) is 0.417. The van der Waals surface area contributed by atoms with E-state index in [0.717, 1.165) is 10.9 Å². The van der Waals surface area contributed by atoms with Crippen molar-refractivity contribution < 1.29 is 9.59 Å². The van der Waals surface area contributed by atoms with Crippen molar-refractivity contribution in [3.8, 4) is 0 Å². The van der Waals surface area contributed by atoms with Crippen LogP contribution in [-0.4, -0.2) is 41.8 Å². The van der Waals surface area contributed by atoms with Crippen molar-refractivity contribution in [3.05, 3.63) is 28.5 Å². The monoisotopic (exact) mass is 313 g/mol. The Morgan fingerprint density at radius 2 is 2.17 bits per heavy atom. The number of hydrogen-bond donors (Lipinski definition) is 1. The summed E-state index contributed by atoms with van der Waals surface area (Å²) in [7, 11) is 1.55. The molecule has 0 aliphatic rings. The van der Waals surface area contributed by atoms with Gasteiger partial charge < -0.3 is 10.2 Å². The maximum atomic E-state index is 12.2. The van der Waals surface area contributed by atoms with Crippen LogP contribution in [0, 0.1) is 0 Å². The molecule has 0 atom stereocenters. The number of hydrogen-bond acceptors (Lipinski definition) is 3. The second-order valence-corrected chi connectivity index (χ2v) is 4.71. The number of rotatable bonds is 5. The van der Waals surface area contributed by atoms with Crippen LogP contribution in [0.4, 0.5) is 0 Å². The van der Waals surface area contributed by atoms with Gasteiger partial charge in [-0.15, -0.1) is 0 Å². The molecule has 5 nitrogen and oxygen atoms in total. The summed E-state index contributed by atoms with van der Waals surface area (Å²) in [5, 5.41) is 2.51. The largest absolute Gasteiger partial charge is 0.358 e. The molecule has 0 aliphatic heterocycles.